The highest BCUT2D eigenvalue weighted by atomic mass is 32.2. The summed E-state index contributed by atoms with van der Waals surface area (Å²) >= 11 is 1.40. The summed E-state index contributed by atoms with van der Waals surface area (Å²) in [5.74, 6) is 1.08. The molecule has 0 spiro atoms. The van der Waals surface area contributed by atoms with Gasteiger partial charge in [0.1, 0.15) is 0 Å². The molecule has 2 atom stereocenters. The van der Waals surface area contributed by atoms with Crippen LogP contribution in [0.4, 0.5) is 0 Å². The van der Waals surface area contributed by atoms with Gasteiger partial charge < -0.3 is 5.32 Å². The van der Waals surface area contributed by atoms with Crippen LogP contribution in [0.3, 0.4) is 0 Å². The van der Waals surface area contributed by atoms with Gasteiger partial charge in [-0.1, -0.05) is 31.5 Å². The molecule has 2 rings (SSSR count). The molecule has 0 bridgehead atoms. The molecular formula is C14H21N3OS. The zero-order chi connectivity index (χ0) is 13.7. The van der Waals surface area contributed by atoms with E-state index >= 15 is 0 Å². The molecule has 1 saturated carbocycles. The van der Waals surface area contributed by atoms with Crippen LogP contribution >= 0.6 is 11.8 Å². The Morgan fingerprint density at radius 3 is 3.00 bits per heavy atom. The van der Waals surface area contributed by atoms with Crippen molar-refractivity contribution in [3.63, 3.8) is 0 Å². The molecule has 1 N–H and O–H groups in total. The Hall–Kier alpha value is -1.10. The summed E-state index contributed by atoms with van der Waals surface area (Å²) in [6.45, 7) is 4.15. The lowest BCUT2D eigenvalue weighted by Gasteiger charge is -2.29. The van der Waals surface area contributed by atoms with Gasteiger partial charge in [-0.2, -0.15) is 0 Å². The summed E-state index contributed by atoms with van der Waals surface area (Å²) in [5, 5.41) is 3.81. The third-order valence-corrected chi connectivity index (χ3v) is 4.42. The van der Waals surface area contributed by atoms with Gasteiger partial charge in [0.15, 0.2) is 5.16 Å². The lowest BCUT2D eigenvalue weighted by atomic mass is 9.86. The third kappa shape index (κ3) is 4.49. The Morgan fingerprint density at radius 1 is 1.47 bits per heavy atom. The van der Waals surface area contributed by atoms with Crippen molar-refractivity contribution in [3.05, 3.63) is 18.0 Å². The number of amides is 1. The van der Waals surface area contributed by atoms with Gasteiger partial charge in [-0.3, -0.25) is 4.79 Å². The summed E-state index contributed by atoms with van der Waals surface area (Å²) in [7, 11) is 0. The molecule has 1 aromatic heterocycles. The molecule has 2 unspecified atom stereocenters. The van der Waals surface area contributed by atoms with Gasteiger partial charge in [0.2, 0.25) is 5.91 Å². The second-order valence-corrected chi connectivity index (χ2v) is 6.15. The predicted octanol–water partition coefficient (Wildman–Crippen LogP) is 2.57. The van der Waals surface area contributed by atoms with Gasteiger partial charge in [0.05, 0.1) is 5.75 Å². The van der Waals surface area contributed by atoms with Crippen LogP contribution in [0.15, 0.2) is 17.4 Å². The molecule has 1 aromatic rings. The van der Waals surface area contributed by atoms with E-state index in [1.807, 2.05) is 13.0 Å². The number of carbonyl (C=O) groups excluding carboxylic acids is 1. The summed E-state index contributed by atoms with van der Waals surface area (Å²) in [6, 6.07) is 2.20. The maximum atomic E-state index is 11.9. The largest absolute Gasteiger partial charge is 0.352 e. The summed E-state index contributed by atoms with van der Waals surface area (Å²) < 4.78 is 0. The first-order chi connectivity index (χ1) is 9.15. The normalized spacial score (nSPS) is 23.1. The van der Waals surface area contributed by atoms with E-state index in [0.717, 1.165) is 12.1 Å². The molecule has 1 aliphatic rings. The highest BCUT2D eigenvalue weighted by molar-refractivity contribution is 7.99. The number of rotatable bonds is 4. The number of carbonyl (C=O) groups is 1. The molecule has 0 aromatic carbocycles. The van der Waals surface area contributed by atoms with Crippen molar-refractivity contribution in [1.82, 2.24) is 15.3 Å². The SMILES string of the molecule is Cc1ccnc(SCC(=O)NC2CCCCC2C)n1. The van der Waals surface area contributed by atoms with Gasteiger partial charge in [0.25, 0.3) is 0 Å². The maximum Gasteiger partial charge on any atom is 0.230 e. The molecule has 1 heterocycles. The molecule has 19 heavy (non-hydrogen) atoms. The van der Waals surface area contributed by atoms with Crippen molar-refractivity contribution >= 4 is 17.7 Å². The summed E-state index contributed by atoms with van der Waals surface area (Å²) in [4.78, 5) is 20.4. The highest BCUT2D eigenvalue weighted by Crippen LogP contribution is 2.23. The zero-order valence-corrected chi connectivity index (χ0v) is 12.4. The summed E-state index contributed by atoms with van der Waals surface area (Å²) in [5.41, 5.74) is 0.929. The average molecular weight is 279 g/mol. The maximum absolute atomic E-state index is 11.9. The molecule has 0 saturated heterocycles. The second kappa shape index (κ2) is 6.89. The first-order valence-corrected chi connectivity index (χ1v) is 7.85. The lowest BCUT2D eigenvalue weighted by molar-refractivity contribution is -0.119. The van der Waals surface area contributed by atoms with E-state index in [1.165, 1.54) is 31.0 Å². The molecule has 104 valence electrons. The Morgan fingerprint density at radius 2 is 2.26 bits per heavy atom. The Labute approximate surface area is 118 Å². The van der Waals surface area contributed by atoms with Crippen molar-refractivity contribution in [2.24, 2.45) is 5.92 Å². The van der Waals surface area contributed by atoms with E-state index in [2.05, 4.69) is 22.2 Å². The van der Waals surface area contributed by atoms with Gasteiger partial charge in [-0.25, -0.2) is 9.97 Å². The van der Waals surface area contributed by atoms with Crippen LogP contribution in [-0.4, -0.2) is 27.7 Å². The zero-order valence-electron chi connectivity index (χ0n) is 11.6. The number of nitrogens with one attached hydrogen (secondary N) is 1. The van der Waals surface area contributed by atoms with Crippen LogP contribution in [0.2, 0.25) is 0 Å². The third-order valence-electron chi connectivity index (χ3n) is 3.56. The van der Waals surface area contributed by atoms with Crippen LogP contribution in [-0.2, 0) is 4.79 Å². The van der Waals surface area contributed by atoms with E-state index in [1.54, 1.807) is 6.20 Å². The minimum Gasteiger partial charge on any atom is -0.352 e. The van der Waals surface area contributed by atoms with Crippen molar-refractivity contribution in [1.29, 1.82) is 0 Å². The molecule has 0 aliphatic heterocycles. The number of thioether (sulfide) groups is 1. The Balaban J connectivity index is 1.78. The first-order valence-electron chi connectivity index (χ1n) is 6.87. The number of hydrogen-bond donors (Lipinski definition) is 1. The minimum atomic E-state index is 0.0915. The quantitative estimate of drug-likeness (QED) is 0.680. The van der Waals surface area contributed by atoms with E-state index < -0.39 is 0 Å². The lowest BCUT2D eigenvalue weighted by Crippen LogP contribution is -2.41. The minimum absolute atomic E-state index is 0.0915. The van der Waals surface area contributed by atoms with Crippen LogP contribution < -0.4 is 5.32 Å². The molecule has 1 amide bonds. The fourth-order valence-corrected chi connectivity index (χ4v) is 3.09. The van der Waals surface area contributed by atoms with E-state index in [4.69, 9.17) is 0 Å². The molecule has 1 aliphatic carbocycles. The fourth-order valence-electron chi connectivity index (χ4n) is 2.40. The van der Waals surface area contributed by atoms with Crippen molar-refractivity contribution in [3.8, 4) is 0 Å². The molecule has 0 radical (unpaired) electrons. The van der Waals surface area contributed by atoms with Gasteiger partial charge in [-0.05, 0) is 31.7 Å². The molecule has 1 fully saturated rings. The number of aromatic nitrogens is 2. The van der Waals surface area contributed by atoms with E-state index in [0.29, 0.717) is 22.9 Å². The molecular weight excluding hydrogens is 258 g/mol. The first kappa shape index (κ1) is 14.3. The van der Waals surface area contributed by atoms with Crippen molar-refractivity contribution in [2.45, 2.75) is 50.7 Å². The van der Waals surface area contributed by atoms with E-state index in [-0.39, 0.29) is 5.91 Å². The molecule has 5 heteroatoms. The van der Waals surface area contributed by atoms with Gasteiger partial charge in [0, 0.05) is 17.9 Å². The van der Waals surface area contributed by atoms with Gasteiger partial charge in [-0.15, -0.1) is 0 Å². The van der Waals surface area contributed by atoms with Crippen LogP contribution in [0.1, 0.15) is 38.3 Å². The second-order valence-electron chi connectivity index (χ2n) is 5.21. The van der Waals surface area contributed by atoms with E-state index in [9.17, 15) is 4.79 Å². The van der Waals surface area contributed by atoms with Gasteiger partial charge >= 0.3 is 0 Å². The smallest absolute Gasteiger partial charge is 0.230 e. The number of aryl methyl sites for hydroxylation is 1. The van der Waals surface area contributed by atoms with Crippen LogP contribution in [0.5, 0.6) is 0 Å². The highest BCUT2D eigenvalue weighted by Gasteiger charge is 2.22. The topological polar surface area (TPSA) is 54.9 Å². The van der Waals surface area contributed by atoms with Crippen molar-refractivity contribution < 1.29 is 4.79 Å². The van der Waals surface area contributed by atoms with Crippen LogP contribution in [0, 0.1) is 12.8 Å². The monoisotopic (exact) mass is 279 g/mol. The van der Waals surface area contributed by atoms with Crippen molar-refractivity contribution in [2.75, 3.05) is 5.75 Å². The predicted molar refractivity (Wildman–Crippen MR) is 77.1 cm³/mol. The molecule has 4 nitrogen and oxygen atoms in total. The average Bonchev–Trinajstić information content (AvgIpc) is 2.39. The number of hydrogen-bond acceptors (Lipinski definition) is 4. The Bertz CT molecular complexity index is 438. The fraction of sp³-hybridized carbons (Fsp3) is 0.643. The standard InChI is InChI=1S/C14H21N3OS/c1-10-5-3-4-6-12(10)17-13(18)9-19-14-15-8-7-11(2)16-14/h7-8,10,12H,3-6,9H2,1-2H3,(H,17,18). The number of nitrogens with zero attached hydrogens (tertiary/aromatic N) is 2. The summed E-state index contributed by atoms with van der Waals surface area (Å²) in [6.07, 6.45) is 6.58. The Kier molecular flexibility index (Phi) is 5.19. The van der Waals surface area contributed by atoms with Crippen LogP contribution in [0.25, 0.3) is 0 Å².